The maximum Gasteiger partial charge on any atom is 0.105 e. The van der Waals surface area contributed by atoms with Gasteiger partial charge >= 0.3 is 0 Å². The Morgan fingerprint density at radius 1 is 1.10 bits per heavy atom. The minimum Gasteiger partial charge on any atom is -0.393 e. The minimum atomic E-state index is -0.311. The van der Waals surface area contributed by atoms with Gasteiger partial charge in [-0.1, -0.05) is 20.8 Å². The van der Waals surface area contributed by atoms with Gasteiger partial charge in [0.05, 0.1) is 6.10 Å². The normalized spacial score (nSPS) is 37.0. The van der Waals surface area contributed by atoms with Crippen LogP contribution in [0.4, 0.5) is 4.39 Å². The molecule has 20 heavy (non-hydrogen) atoms. The van der Waals surface area contributed by atoms with Crippen molar-refractivity contribution in [3.05, 3.63) is 0 Å². The van der Waals surface area contributed by atoms with Crippen molar-refractivity contribution in [1.29, 1.82) is 0 Å². The van der Waals surface area contributed by atoms with Crippen molar-refractivity contribution < 1.29 is 9.50 Å². The van der Waals surface area contributed by atoms with Gasteiger partial charge < -0.3 is 5.11 Å². The summed E-state index contributed by atoms with van der Waals surface area (Å²) in [5.41, 5.74) is 0.432. The van der Waals surface area contributed by atoms with Crippen LogP contribution in [0.1, 0.15) is 59.3 Å². The first kappa shape index (κ1) is 16.2. The van der Waals surface area contributed by atoms with E-state index in [0.717, 1.165) is 31.3 Å². The van der Waals surface area contributed by atoms with E-state index >= 15 is 0 Å². The molecule has 2 atom stereocenters. The van der Waals surface area contributed by atoms with Crippen molar-refractivity contribution in [3.8, 4) is 0 Å². The first-order chi connectivity index (χ1) is 9.40. The van der Waals surface area contributed by atoms with Gasteiger partial charge in [0.25, 0.3) is 0 Å². The van der Waals surface area contributed by atoms with Crippen molar-refractivity contribution in [2.75, 3.05) is 19.8 Å². The number of aliphatic hydroxyl groups is 1. The number of likely N-dealkylation sites (tertiary alicyclic amines) is 1. The van der Waals surface area contributed by atoms with E-state index in [-0.39, 0.29) is 18.8 Å². The Morgan fingerprint density at radius 2 is 1.75 bits per heavy atom. The van der Waals surface area contributed by atoms with Gasteiger partial charge in [-0.15, -0.1) is 0 Å². The van der Waals surface area contributed by atoms with Gasteiger partial charge in [0.2, 0.25) is 0 Å². The van der Waals surface area contributed by atoms with Crippen LogP contribution in [-0.2, 0) is 0 Å². The molecule has 2 nitrogen and oxygen atoms in total. The first-order valence-electron chi connectivity index (χ1n) is 8.38. The lowest BCUT2D eigenvalue weighted by molar-refractivity contribution is 0.0160. The van der Waals surface area contributed by atoms with Crippen molar-refractivity contribution in [1.82, 2.24) is 4.90 Å². The fraction of sp³-hybridized carbons (Fsp3) is 1.00. The molecule has 2 aliphatic rings. The lowest BCUT2D eigenvalue weighted by atomic mass is 9.69. The summed E-state index contributed by atoms with van der Waals surface area (Å²) in [6.07, 6.45) is 6.38. The molecule has 0 spiro atoms. The zero-order valence-electron chi connectivity index (χ0n) is 13.4. The predicted octanol–water partition coefficient (Wildman–Crippen LogP) is 3.63. The number of rotatable bonds is 3. The smallest absolute Gasteiger partial charge is 0.105 e. The third kappa shape index (κ3) is 4.17. The van der Waals surface area contributed by atoms with Gasteiger partial charge in [0.1, 0.15) is 6.67 Å². The fourth-order valence-corrected chi connectivity index (χ4v) is 4.02. The average molecular weight is 285 g/mol. The highest BCUT2D eigenvalue weighted by Crippen LogP contribution is 2.40. The highest BCUT2D eigenvalue weighted by atomic mass is 19.1. The number of halogens is 1. The molecular weight excluding hydrogens is 253 g/mol. The van der Waals surface area contributed by atoms with Crippen molar-refractivity contribution in [2.24, 2.45) is 17.3 Å². The summed E-state index contributed by atoms with van der Waals surface area (Å²) in [7, 11) is 0. The maximum atomic E-state index is 13.1. The summed E-state index contributed by atoms with van der Waals surface area (Å²) in [4.78, 5) is 2.30. The van der Waals surface area contributed by atoms with Gasteiger partial charge in [-0.05, 0) is 55.8 Å². The zero-order chi connectivity index (χ0) is 14.8. The fourth-order valence-electron chi connectivity index (χ4n) is 4.02. The molecule has 1 saturated heterocycles. The van der Waals surface area contributed by atoms with Crippen LogP contribution >= 0.6 is 0 Å². The maximum absolute atomic E-state index is 13.1. The van der Waals surface area contributed by atoms with Crippen molar-refractivity contribution >= 4 is 0 Å². The van der Waals surface area contributed by atoms with Gasteiger partial charge in [0, 0.05) is 19.1 Å². The molecule has 1 heterocycles. The zero-order valence-corrected chi connectivity index (χ0v) is 13.4. The second-order valence-electron chi connectivity index (χ2n) is 8.06. The third-order valence-corrected chi connectivity index (χ3v) is 5.55. The van der Waals surface area contributed by atoms with E-state index in [4.69, 9.17) is 0 Å². The molecule has 0 aromatic rings. The number of alkyl halides is 1. The summed E-state index contributed by atoms with van der Waals surface area (Å²) in [6, 6.07) is -0.0425. The molecule has 1 N–H and O–H groups in total. The van der Waals surface area contributed by atoms with Crippen molar-refractivity contribution in [2.45, 2.75) is 71.4 Å². The lowest BCUT2D eigenvalue weighted by Crippen LogP contribution is -2.47. The molecule has 0 aromatic heterocycles. The summed E-state index contributed by atoms with van der Waals surface area (Å²) < 4.78 is 13.1. The Bertz CT molecular complexity index is 294. The van der Waals surface area contributed by atoms with E-state index in [1.165, 1.54) is 25.7 Å². The summed E-state index contributed by atoms with van der Waals surface area (Å²) in [6.45, 7) is 8.65. The SMILES string of the molecule is CC(C)(C)C1CCC(CN2CCC(O)CC2CF)CC1. The van der Waals surface area contributed by atoms with Crippen molar-refractivity contribution in [3.63, 3.8) is 0 Å². The van der Waals surface area contributed by atoms with Crippen LogP contribution in [0.15, 0.2) is 0 Å². The molecule has 118 valence electrons. The van der Waals surface area contributed by atoms with Gasteiger partial charge in [0.15, 0.2) is 0 Å². The largest absolute Gasteiger partial charge is 0.393 e. The van der Waals surface area contributed by atoms with E-state index in [0.29, 0.717) is 11.8 Å². The molecule has 2 unspecified atom stereocenters. The average Bonchev–Trinajstić information content (AvgIpc) is 2.40. The highest BCUT2D eigenvalue weighted by Gasteiger charge is 2.33. The summed E-state index contributed by atoms with van der Waals surface area (Å²) in [5, 5.41) is 9.67. The molecule has 1 aliphatic carbocycles. The first-order valence-corrected chi connectivity index (χ1v) is 8.38. The van der Waals surface area contributed by atoms with Crippen LogP contribution in [0.25, 0.3) is 0 Å². The monoisotopic (exact) mass is 285 g/mol. The van der Waals surface area contributed by atoms with Crippen LogP contribution < -0.4 is 0 Å². The molecule has 0 amide bonds. The molecule has 0 bridgehead atoms. The Kier molecular flexibility index (Phi) is 5.47. The number of nitrogens with zero attached hydrogens (tertiary/aromatic N) is 1. The number of hydrogen-bond acceptors (Lipinski definition) is 2. The van der Waals surface area contributed by atoms with E-state index in [1.807, 2.05) is 0 Å². The van der Waals surface area contributed by atoms with Crippen LogP contribution in [0.5, 0.6) is 0 Å². The highest BCUT2D eigenvalue weighted by molar-refractivity contribution is 4.86. The standard InChI is InChI=1S/C17H32FNO/c1-17(2,3)14-6-4-13(5-7-14)12-19-9-8-16(20)10-15(19)11-18/h13-16,20H,4-12H2,1-3H3. The Balaban J connectivity index is 1.80. The topological polar surface area (TPSA) is 23.5 Å². The van der Waals surface area contributed by atoms with Crippen LogP contribution in [0.2, 0.25) is 0 Å². The van der Waals surface area contributed by atoms with Gasteiger partial charge in [-0.3, -0.25) is 4.90 Å². The lowest BCUT2D eigenvalue weighted by Gasteiger charge is -2.42. The van der Waals surface area contributed by atoms with E-state index in [9.17, 15) is 9.50 Å². The summed E-state index contributed by atoms with van der Waals surface area (Å²) in [5.74, 6) is 1.58. The molecule has 1 aliphatic heterocycles. The third-order valence-electron chi connectivity index (χ3n) is 5.55. The minimum absolute atomic E-state index is 0.0425. The molecule has 1 saturated carbocycles. The molecule has 3 heteroatoms. The molecule has 0 radical (unpaired) electrons. The molecular formula is C17H32FNO. The summed E-state index contributed by atoms with van der Waals surface area (Å²) >= 11 is 0. The molecule has 0 aromatic carbocycles. The number of aliphatic hydroxyl groups excluding tert-OH is 1. The quantitative estimate of drug-likeness (QED) is 0.856. The Hall–Kier alpha value is -0.150. The van der Waals surface area contributed by atoms with Crippen LogP contribution in [0.3, 0.4) is 0 Å². The van der Waals surface area contributed by atoms with Crippen LogP contribution in [-0.4, -0.2) is 41.9 Å². The van der Waals surface area contributed by atoms with E-state index in [1.54, 1.807) is 0 Å². The predicted molar refractivity (Wildman–Crippen MR) is 81.5 cm³/mol. The number of piperidine rings is 1. The second kappa shape index (κ2) is 6.74. The second-order valence-corrected chi connectivity index (χ2v) is 8.06. The van der Waals surface area contributed by atoms with E-state index in [2.05, 4.69) is 25.7 Å². The molecule has 2 rings (SSSR count). The van der Waals surface area contributed by atoms with Crippen LogP contribution in [0, 0.1) is 17.3 Å². The van der Waals surface area contributed by atoms with E-state index < -0.39 is 0 Å². The number of hydrogen-bond donors (Lipinski definition) is 1. The van der Waals surface area contributed by atoms with Gasteiger partial charge in [-0.25, -0.2) is 4.39 Å². The Labute approximate surface area is 123 Å². The van der Waals surface area contributed by atoms with Gasteiger partial charge in [-0.2, -0.15) is 0 Å². The Morgan fingerprint density at radius 3 is 2.30 bits per heavy atom. The molecule has 2 fully saturated rings.